The van der Waals surface area contributed by atoms with Crippen LogP contribution in [0.3, 0.4) is 0 Å². The van der Waals surface area contributed by atoms with Crippen LogP contribution in [0.25, 0.3) is 6.08 Å². The first kappa shape index (κ1) is 23.3. The van der Waals surface area contributed by atoms with Crippen LogP contribution in [-0.2, 0) is 9.59 Å². The molecule has 0 saturated carbocycles. The number of nitrogens with zero attached hydrogens (tertiary/aromatic N) is 1. The van der Waals surface area contributed by atoms with Gasteiger partial charge in [-0.15, -0.1) is 0 Å². The van der Waals surface area contributed by atoms with Gasteiger partial charge in [0, 0.05) is 0 Å². The first-order chi connectivity index (χ1) is 14.8. The Labute approximate surface area is 196 Å². The number of hydrogen-bond acceptors (Lipinski definition) is 6. The summed E-state index contributed by atoms with van der Waals surface area (Å²) in [5.74, 6) is -1.17. The molecule has 0 atom stereocenters. The molecular weight excluding hydrogens is 489 g/mol. The fraction of sp³-hybridized carbons (Fsp3) is 0.150. The topological polar surface area (TPSA) is 93.1 Å². The zero-order valence-corrected chi connectivity index (χ0v) is 18.7. The van der Waals surface area contributed by atoms with Crippen LogP contribution in [0.15, 0.2) is 41.3 Å². The number of carbonyl (C=O) groups is 3. The molecule has 0 aliphatic carbocycles. The van der Waals surface area contributed by atoms with Gasteiger partial charge in [-0.05, 0) is 47.7 Å². The van der Waals surface area contributed by atoms with Gasteiger partial charge in [-0.2, -0.15) is 0 Å². The summed E-state index contributed by atoms with van der Waals surface area (Å²) < 4.78 is 10.6. The van der Waals surface area contributed by atoms with Crippen LogP contribution < -0.4 is 9.47 Å². The largest absolute Gasteiger partial charge is 0.490 e. The Bertz CT molecular complexity index is 1050. The van der Waals surface area contributed by atoms with Gasteiger partial charge in [0.05, 0.1) is 26.5 Å². The van der Waals surface area contributed by atoms with E-state index in [0.717, 1.165) is 16.7 Å². The Balaban J connectivity index is 1.68. The maximum atomic E-state index is 12.6. The fourth-order valence-electron chi connectivity index (χ4n) is 2.59. The molecule has 7 nitrogen and oxygen atoms in total. The maximum absolute atomic E-state index is 12.6. The highest BCUT2D eigenvalue weighted by atomic mass is 35.5. The van der Waals surface area contributed by atoms with E-state index in [1.165, 1.54) is 18.2 Å². The molecule has 1 aliphatic rings. The molecule has 2 aromatic carbocycles. The van der Waals surface area contributed by atoms with Crippen LogP contribution in [-0.4, -0.2) is 46.9 Å². The van der Waals surface area contributed by atoms with Gasteiger partial charge in [-0.3, -0.25) is 14.5 Å². The fourth-order valence-corrected chi connectivity index (χ4v) is 4.26. The number of ether oxygens (including phenoxy) is 2. The highest BCUT2D eigenvalue weighted by Crippen LogP contribution is 2.37. The molecule has 0 radical (unpaired) electrons. The second kappa shape index (κ2) is 10.3. The van der Waals surface area contributed by atoms with Gasteiger partial charge >= 0.3 is 5.97 Å². The van der Waals surface area contributed by atoms with E-state index in [0.29, 0.717) is 16.3 Å². The molecule has 2 amide bonds. The Morgan fingerprint density at radius 1 is 1.06 bits per heavy atom. The summed E-state index contributed by atoms with van der Waals surface area (Å²) in [4.78, 5) is 36.8. The summed E-state index contributed by atoms with van der Waals surface area (Å²) in [5.41, 5.74) is 0.454. The van der Waals surface area contributed by atoms with Crippen molar-refractivity contribution >= 4 is 69.8 Å². The molecule has 31 heavy (non-hydrogen) atoms. The lowest BCUT2D eigenvalue weighted by Crippen LogP contribution is -2.32. The van der Waals surface area contributed by atoms with E-state index in [-0.39, 0.29) is 33.9 Å². The van der Waals surface area contributed by atoms with Crippen molar-refractivity contribution < 1.29 is 29.0 Å². The van der Waals surface area contributed by atoms with Crippen LogP contribution in [0.4, 0.5) is 4.79 Å². The van der Waals surface area contributed by atoms with Crippen LogP contribution >= 0.6 is 46.6 Å². The SMILES string of the molecule is O=C(O)COc1c(Cl)cc(/C=C2\SC(=O)N(CCOc3ccccc3Cl)C2=O)cc1Cl. The lowest BCUT2D eigenvalue weighted by molar-refractivity contribution is -0.139. The summed E-state index contributed by atoms with van der Waals surface area (Å²) in [6, 6.07) is 9.80. The summed E-state index contributed by atoms with van der Waals surface area (Å²) in [6.45, 7) is -0.465. The van der Waals surface area contributed by atoms with E-state index in [2.05, 4.69) is 0 Å². The van der Waals surface area contributed by atoms with E-state index in [1.54, 1.807) is 24.3 Å². The van der Waals surface area contributed by atoms with E-state index < -0.39 is 23.7 Å². The van der Waals surface area contributed by atoms with Crippen molar-refractivity contribution in [1.29, 1.82) is 0 Å². The number of carboxylic acid groups (broad SMARTS) is 1. The van der Waals surface area contributed by atoms with Gasteiger partial charge in [0.1, 0.15) is 12.4 Å². The molecule has 0 unspecified atom stereocenters. The molecule has 0 spiro atoms. The minimum Gasteiger partial charge on any atom is -0.490 e. The van der Waals surface area contributed by atoms with Gasteiger partial charge in [-0.25, -0.2) is 4.79 Å². The number of hydrogen-bond donors (Lipinski definition) is 1. The van der Waals surface area contributed by atoms with Crippen molar-refractivity contribution in [3.8, 4) is 11.5 Å². The lowest BCUT2D eigenvalue weighted by atomic mass is 10.2. The Morgan fingerprint density at radius 3 is 2.39 bits per heavy atom. The van der Waals surface area contributed by atoms with Crippen molar-refractivity contribution in [3.63, 3.8) is 0 Å². The number of benzene rings is 2. The number of para-hydroxylation sites is 1. The zero-order valence-electron chi connectivity index (χ0n) is 15.6. The van der Waals surface area contributed by atoms with E-state index in [1.807, 2.05) is 0 Å². The van der Waals surface area contributed by atoms with Crippen molar-refractivity contribution in [3.05, 3.63) is 61.9 Å². The third-order valence-corrected chi connectivity index (χ3v) is 5.72. The first-order valence-electron chi connectivity index (χ1n) is 8.72. The molecule has 1 fully saturated rings. The van der Waals surface area contributed by atoms with Crippen LogP contribution in [0.1, 0.15) is 5.56 Å². The number of halogens is 3. The summed E-state index contributed by atoms with van der Waals surface area (Å²) in [7, 11) is 0. The van der Waals surface area contributed by atoms with Crippen LogP contribution in [0.2, 0.25) is 15.1 Å². The summed E-state index contributed by atoms with van der Waals surface area (Å²) >= 11 is 19.0. The van der Waals surface area contributed by atoms with Gasteiger partial charge in [0.15, 0.2) is 12.4 Å². The molecule has 11 heteroatoms. The average Bonchev–Trinajstić information content (AvgIpc) is 2.96. The molecular formula is C20H14Cl3NO6S. The second-order valence-corrected chi connectivity index (χ2v) is 8.32. The molecule has 1 heterocycles. The molecule has 3 rings (SSSR count). The molecule has 1 aliphatic heterocycles. The number of carboxylic acids is 1. The monoisotopic (exact) mass is 501 g/mol. The zero-order chi connectivity index (χ0) is 22.5. The predicted octanol–water partition coefficient (Wildman–Crippen LogP) is 5.23. The van der Waals surface area contributed by atoms with Crippen molar-refractivity contribution in [2.75, 3.05) is 19.8 Å². The molecule has 1 saturated heterocycles. The van der Waals surface area contributed by atoms with Gasteiger partial charge in [0.2, 0.25) is 0 Å². The third kappa shape index (κ3) is 5.86. The number of aliphatic carboxylic acids is 1. The molecule has 0 bridgehead atoms. The second-order valence-electron chi connectivity index (χ2n) is 6.11. The predicted molar refractivity (Wildman–Crippen MR) is 119 cm³/mol. The third-order valence-electron chi connectivity index (χ3n) is 3.94. The van der Waals surface area contributed by atoms with Crippen molar-refractivity contribution in [2.45, 2.75) is 0 Å². The van der Waals surface area contributed by atoms with E-state index in [4.69, 9.17) is 49.4 Å². The van der Waals surface area contributed by atoms with E-state index in [9.17, 15) is 14.4 Å². The molecule has 2 aromatic rings. The minimum absolute atomic E-state index is 0.0210. The van der Waals surface area contributed by atoms with Crippen LogP contribution in [0.5, 0.6) is 11.5 Å². The standard InChI is InChI=1S/C20H14Cl3NO6S/c21-12-3-1-2-4-15(12)29-6-5-24-19(27)16(31-20(24)28)9-11-7-13(22)18(14(23)8-11)30-10-17(25)26/h1-4,7-9H,5-6,10H2,(H,25,26)/b16-9-. The minimum atomic E-state index is -1.18. The Kier molecular flexibility index (Phi) is 7.72. The smallest absolute Gasteiger partial charge is 0.341 e. The van der Waals surface area contributed by atoms with Gasteiger partial charge < -0.3 is 14.6 Å². The number of carbonyl (C=O) groups excluding carboxylic acids is 2. The molecule has 162 valence electrons. The van der Waals surface area contributed by atoms with Crippen molar-refractivity contribution in [1.82, 2.24) is 4.90 Å². The molecule has 0 aromatic heterocycles. The number of rotatable bonds is 8. The van der Waals surface area contributed by atoms with Gasteiger partial charge in [-0.1, -0.05) is 46.9 Å². The quantitative estimate of drug-likeness (QED) is 0.494. The highest BCUT2D eigenvalue weighted by molar-refractivity contribution is 8.18. The Morgan fingerprint density at radius 2 is 1.74 bits per heavy atom. The highest BCUT2D eigenvalue weighted by Gasteiger charge is 2.35. The van der Waals surface area contributed by atoms with Crippen molar-refractivity contribution in [2.24, 2.45) is 0 Å². The first-order valence-corrected chi connectivity index (χ1v) is 10.7. The maximum Gasteiger partial charge on any atom is 0.341 e. The molecule has 1 N–H and O–H groups in total. The number of thioether (sulfide) groups is 1. The van der Waals surface area contributed by atoms with E-state index >= 15 is 0 Å². The number of amides is 2. The normalized spacial score (nSPS) is 14.9. The average molecular weight is 503 g/mol. The lowest BCUT2D eigenvalue weighted by Gasteiger charge is -2.13. The van der Waals surface area contributed by atoms with Crippen LogP contribution in [0, 0.1) is 0 Å². The summed E-state index contributed by atoms with van der Waals surface area (Å²) in [6.07, 6.45) is 1.47. The van der Waals surface area contributed by atoms with Gasteiger partial charge in [0.25, 0.3) is 11.1 Å². The Hall–Kier alpha value is -2.39. The summed E-state index contributed by atoms with van der Waals surface area (Å²) in [5, 5.41) is 8.86. The number of imide groups is 1.